The average Bonchev–Trinajstić information content (AvgIpc) is 2.41. The summed E-state index contributed by atoms with van der Waals surface area (Å²) in [5, 5.41) is 0. The molecule has 2 rings (SSSR count). The van der Waals surface area contributed by atoms with E-state index in [1.165, 1.54) is 19.4 Å². The summed E-state index contributed by atoms with van der Waals surface area (Å²) in [6.07, 6.45) is 4.25. The lowest BCUT2D eigenvalue weighted by Gasteiger charge is -2.33. The van der Waals surface area contributed by atoms with Gasteiger partial charge in [-0.3, -0.25) is 4.79 Å². The maximum Gasteiger partial charge on any atom is 0.250 e. The van der Waals surface area contributed by atoms with Gasteiger partial charge < -0.3 is 20.1 Å². The molecule has 5 nitrogen and oxygen atoms in total. The first-order valence-electron chi connectivity index (χ1n) is 7.37. The van der Waals surface area contributed by atoms with E-state index in [2.05, 4.69) is 23.9 Å². The fourth-order valence-corrected chi connectivity index (χ4v) is 2.88. The van der Waals surface area contributed by atoms with Crippen LogP contribution in [0.25, 0.3) is 0 Å². The number of likely N-dealkylation sites (tertiary alicyclic amines) is 1. The second-order valence-electron chi connectivity index (χ2n) is 6.04. The summed E-state index contributed by atoms with van der Waals surface area (Å²) in [4.78, 5) is 16.4. The van der Waals surface area contributed by atoms with Gasteiger partial charge in [0.1, 0.15) is 0 Å². The van der Waals surface area contributed by atoms with E-state index >= 15 is 0 Å². The van der Waals surface area contributed by atoms with Crippen LogP contribution in [0.1, 0.15) is 12.8 Å². The normalized spacial score (nSPS) is 17.8. The maximum absolute atomic E-state index is 11.7. The second kappa shape index (κ2) is 6.90. The van der Waals surface area contributed by atoms with Gasteiger partial charge in [0.25, 0.3) is 5.56 Å². The molecular formula is C15H26N4O. The minimum Gasteiger partial charge on any atom is -0.398 e. The van der Waals surface area contributed by atoms with E-state index in [1.807, 2.05) is 0 Å². The highest BCUT2D eigenvalue weighted by Gasteiger charge is 2.19. The summed E-state index contributed by atoms with van der Waals surface area (Å²) >= 11 is 0. The highest BCUT2D eigenvalue weighted by Crippen LogP contribution is 2.17. The van der Waals surface area contributed by atoms with Crippen molar-refractivity contribution >= 4 is 5.69 Å². The van der Waals surface area contributed by atoms with E-state index in [4.69, 9.17) is 5.73 Å². The minimum atomic E-state index is 0.0293. The Bertz CT molecular complexity index is 475. The third kappa shape index (κ3) is 4.35. The Hall–Kier alpha value is -1.33. The Balaban J connectivity index is 1.79. The molecule has 0 bridgehead atoms. The van der Waals surface area contributed by atoms with Crippen LogP contribution in [-0.4, -0.2) is 54.6 Å². The first kappa shape index (κ1) is 15.1. The number of hydrogen-bond acceptors (Lipinski definition) is 4. The van der Waals surface area contributed by atoms with Crippen LogP contribution in [-0.2, 0) is 6.54 Å². The van der Waals surface area contributed by atoms with E-state index in [0.717, 1.165) is 32.1 Å². The summed E-state index contributed by atoms with van der Waals surface area (Å²) in [6, 6.07) is 3.20. The standard InChI is InChI=1S/C15H26N4O/c1-17(2)11-13-5-7-18(8-6-13)9-10-19-12-14(16)3-4-15(19)20/h3-4,12-13H,5-11,16H2,1-2H3. The van der Waals surface area contributed by atoms with Crippen LogP contribution in [0.4, 0.5) is 5.69 Å². The van der Waals surface area contributed by atoms with E-state index in [9.17, 15) is 4.79 Å². The van der Waals surface area contributed by atoms with Crippen molar-refractivity contribution in [3.8, 4) is 0 Å². The van der Waals surface area contributed by atoms with Gasteiger partial charge in [-0.1, -0.05) is 0 Å². The number of hydrogen-bond donors (Lipinski definition) is 1. The van der Waals surface area contributed by atoms with Crippen LogP contribution in [0.15, 0.2) is 23.1 Å². The molecule has 0 amide bonds. The molecule has 1 fully saturated rings. The number of nitrogens with two attached hydrogens (primary N) is 1. The summed E-state index contributed by atoms with van der Waals surface area (Å²) in [6.45, 7) is 5.11. The first-order valence-corrected chi connectivity index (χ1v) is 7.37. The van der Waals surface area contributed by atoms with E-state index < -0.39 is 0 Å². The molecule has 0 aliphatic carbocycles. The predicted octanol–water partition coefficient (Wildman–Crippen LogP) is 0.704. The molecule has 20 heavy (non-hydrogen) atoms. The summed E-state index contributed by atoms with van der Waals surface area (Å²) in [7, 11) is 4.27. The molecule has 0 saturated carbocycles. The Labute approximate surface area is 121 Å². The lowest BCUT2D eigenvalue weighted by atomic mass is 9.96. The molecule has 1 aromatic heterocycles. The van der Waals surface area contributed by atoms with E-state index in [-0.39, 0.29) is 5.56 Å². The van der Waals surface area contributed by atoms with Crippen molar-refractivity contribution in [1.82, 2.24) is 14.4 Å². The zero-order chi connectivity index (χ0) is 14.5. The van der Waals surface area contributed by atoms with Crippen LogP contribution in [0.3, 0.4) is 0 Å². The van der Waals surface area contributed by atoms with Gasteiger partial charge in [-0.2, -0.15) is 0 Å². The van der Waals surface area contributed by atoms with Crippen LogP contribution < -0.4 is 11.3 Å². The van der Waals surface area contributed by atoms with Crippen molar-refractivity contribution in [2.24, 2.45) is 5.92 Å². The number of aromatic nitrogens is 1. The Morgan fingerprint density at radius 3 is 2.60 bits per heavy atom. The molecular weight excluding hydrogens is 252 g/mol. The minimum absolute atomic E-state index is 0.0293. The zero-order valence-corrected chi connectivity index (χ0v) is 12.6. The number of anilines is 1. The number of rotatable bonds is 5. The van der Waals surface area contributed by atoms with Crippen molar-refractivity contribution < 1.29 is 0 Å². The monoisotopic (exact) mass is 278 g/mol. The molecule has 1 aliphatic heterocycles. The molecule has 1 aromatic rings. The summed E-state index contributed by atoms with van der Waals surface area (Å²) in [5.41, 5.74) is 6.40. The molecule has 0 unspecified atom stereocenters. The molecule has 0 radical (unpaired) electrons. The smallest absolute Gasteiger partial charge is 0.250 e. The van der Waals surface area contributed by atoms with Gasteiger partial charge in [0.2, 0.25) is 0 Å². The van der Waals surface area contributed by atoms with Crippen molar-refractivity contribution in [3.63, 3.8) is 0 Å². The van der Waals surface area contributed by atoms with Crippen LogP contribution in [0, 0.1) is 5.92 Å². The van der Waals surface area contributed by atoms with Crippen molar-refractivity contribution in [2.45, 2.75) is 19.4 Å². The largest absolute Gasteiger partial charge is 0.398 e. The maximum atomic E-state index is 11.7. The highest BCUT2D eigenvalue weighted by atomic mass is 16.1. The van der Waals surface area contributed by atoms with Gasteiger partial charge in [0.15, 0.2) is 0 Å². The summed E-state index contributed by atoms with van der Waals surface area (Å²) in [5.74, 6) is 0.816. The van der Waals surface area contributed by atoms with Gasteiger partial charge in [-0.25, -0.2) is 0 Å². The van der Waals surface area contributed by atoms with E-state index in [1.54, 1.807) is 22.9 Å². The molecule has 112 valence electrons. The molecule has 5 heteroatoms. The molecule has 0 aromatic carbocycles. The van der Waals surface area contributed by atoms with Crippen LogP contribution in [0.5, 0.6) is 0 Å². The molecule has 2 heterocycles. The lowest BCUT2D eigenvalue weighted by molar-refractivity contribution is 0.158. The number of piperidine rings is 1. The van der Waals surface area contributed by atoms with Crippen molar-refractivity contribution in [3.05, 3.63) is 28.7 Å². The Kier molecular flexibility index (Phi) is 5.20. The number of pyridine rings is 1. The molecule has 1 aliphatic rings. The van der Waals surface area contributed by atoms with Crippen molar-refractivity contribution in [2.75, 3.05) is 46.0 Å². The molecule has 1 saturated heterocycles. The SMILES string of the molecule is CN(C)CC1CCN(CCn2cc(N)ccc2=O)CC1. The lowest BCUT2D eigenvalue weighted by Crippen LogP contribution is -2.39. The van der Waals surface area contributed by atoms with Gasteiger partial charge >= 0.3 is 0 Å². The Morgan fingerprint density at radius 2 is 1.95 bits per heavy atom. The fraction of sp³-hybridized carbons (Fsp3) is 0.667. The van der Waals surface area contributed by atoms with Gasteiger partial charge in [0.05, 0.1) is 0 Å². The fourth-order valence-electron chi connectivity index (χ4n) is 2.88. The predicted molar refractivity (Wildman–Crippen MR) is 82.8 cm³/mol. The number of nitrogens with zero attached hydrogens (tertiary/aromatic N) is 3. The average molecular weight is 278 g/mol. The topological polar surface area (TPSA) is 54.5 Å². The number of nitrogen functional groups attached to an aromatic ring is 1. The third-order valence-electron chi connectivity index (χ3n) is 3.99. The second-order valence-corrected chi connectivity index (χ2v) is 6.04. The molecule has 0 spiro atoms. The molecule has 2 N–H and O–H groups in total. The van der Waals surface area contributed by atoms with Gasteiger partial charge in [-0.15, -0.1) is 0 Å². The van der Waals surface area contributed by atoms with Crippen molar-refractivity contribution in [1.29, 1.82) is 0 Å². The van der Waals surface area contributed by atoms with E-state index in [0.29, 0.717) is 5.69 Å². The summed E-state index contributed by atoms with van der Waals surface area (Å²) < 4.78 is 1.71. The Morgan fingerprint density at radius 1 is 1.25 bits per heavy atom. The van der Waals surface area contributed by atoms with Gasteiger partial charge in [0, 0.05) is 37.6 Å². The van der Waals surface area contributed by atoms with Crippen LogP contribution >= 0.6 is 0 Å². The highest BCUT2D eigenvalue weighted by molar-refractivity contribution is 5.33. The first-order chi connectivity index (χ1) is 9.54. The van der Waals surface area contributed by atoms with Crippen LogP contribution in [0.2, 0.25) is 0 Å². The molecule has 0 atom stereocenters. The quantitative estimate of drug-likeness (QED) is 0.861. The zero-order valence-electron chi connectivity index (χ0n) is 12.6. The van der Waals surface area contributed by atoms with Gasteiger partial charge in [-0.05, 0) is 52.0 Å². The third-order valence-corrected chi connectivity index (χ3v) is 3.99.